The van der Waals surface area contributed by atoms with Crippen LogP contribution >= 0.6 is 0 Å². The largest absolute Gasteiger partial charge is 0.342 e. The molecule has 0 bridgehead atoms. The number of rotatable bonds is 4. The molecule has 5 heteroatoms. The van der Waals surface area contributed by atoms with Gasteiger partial charge in [0.15, 0.2) is 0 Å². The molecule has 1 saturated carbocycles. The van der Waals surface area contributed by atoms with E-state index < -0.39 is 0 Å². The molecule has 2 aliphatic heterocycles. The maximum absolute atomic E-state index is 13.2. The van der Waals surface area contributed by atoms with Gasteiger partial charge in [0.25, 0.3) is 0 Å². The van der Waals surface area contributed by atoms with E-state index in [4.69, 9.17) is 0 Å². The first-order valence-electron chi connectivity index (χ1n) is 10.6. The van der Waals surface area contributed by atoms with Crippen molar-refractivity contribution in [2.45, 2.75) is 45.1 Å². The van der Waals surface area contributed by atoms with Crippen molar-refractivity contribution in [3.05, 3.63) is 47.8 Å². The number of halogens is 1. The van der Waals surface area contributed by atoms with Crippen molar-refractivity contribution in [2.24, 2.45) is 17.8 Å². The van der Waals surface area contributed by atoms with Gasteiger partial charge < -0.3 is 9.80 Å². The number of likely N-dealkylation sites (tertiary alicyclic amines) is 1. The van der Waals surface area contributed by atoms with Gasteiger partial charge in [0.2, 0.25) is 11.8 Å². The van der Waals surface area contributed by atoms with Gasteiger partial charge in [0, 0.05) is 38.0 Å². The number of carbonyl (C=O) groups is 2. The molecule has 1 unspecified atom stereocenters. The first-order valence-corrected chi connectivity index (χ1v) is 10.6. The third-order valence-corrected chi connectivity index (χ3v) is 6.67. The molecule has 1 aliphatic carbocycles. The Bertz CT molecular complexity index is 733. The summed E-state index contributed by atoms with van der Waals surface area (Å²) in [7, 11) is 0. The Morgan fingerprint density at radius 1 is 1.04 bits per heavy atom. The highest BCUT2D eigenvalue weighted by atomic mass is 19.1. The van der Waals surface area contributed by atoms with Crippen LogP contribution in [0.3, 0.4) is 0 Å². The minimum absolute atomic E-state index is 0.0137. The minimum Gasteiger partial charge on any atom is -0.342 e. The van der Waals surface area contributed by atoms with Gasteiger partial charge in [-0.2, -0.15) is 0 Å². The average Bonchev–Trinajstić information content (AvgIpc) is 2.84. The standard InChI is InChI=1S/C23H29FN2O2/c24-20-9-7-17(8-10-20)16-26-13-2-1-6-21(23(26)28)18-11-14-25(15-12-18)22(27)19-4-3-5-19/h1-2,7-10,18-19,21H,3-6,11-16H2. The van der Waals surface area contributed by atoms with Crippen molar-refractivity contribution in [1.82, 2.24) is 9.80 Å². The van der Waals surface area contributed by atoms with Gasteiger partial charge >= 0.3 is 0 Å². The van der Waals surface area contributed by atoms with Crippen LogP contribution < -0.4 is 0 Å². The Hall–Kier alpha value is -2.17. The van der Waals surface area contributed by atoms with Gasteiger partial charge in [-0.15, -0.1) is 0 Å². The number of nitrogens with zero attached hydrogens (tertiary/aromatic N) is 2. The summed E-state index contributed by atoms with van der Waals surface area (Å²) in [5.74, 6) is 0.835. The molecule has 1 saturated heterocycles. The molecular formula is C23H29FN2O2. The molecule has 1 atom stereocenters. The SMILES string of the molecule is O=C(C1CCC1)N1CCC(C2CC=CCN(Cc3ccc(F)cc3)C2=O)CC1. The smallest absolute Gasteiger partial charge is 0.226 e. The second-order valence-electron chi connectivity index (χ2n) is 8.45. The summed E-state index contributed by atoms with van der Waals surface area (Å²) >= 11 is 0. The lowest BCUT2D eigenvalue weighted by molar-refractivity contribution is -0.141. The van der Waals surface area contributed by atoms with Crippen LogP contribution in [-0.2, 0) is 16.1 Å². The maximum Gasteiger partial charge on any atom is 0.226 e. The number of benzene rings is 1. The highest BCUT2D eigenvalue weighted by Gasteiger charge is 2.37. The van der Waals surface area contributed by atoms with Crippen LogP contribution in [-0.4, -0.2) is 41.2 Å². The van der Waals surface area contributed by atoms with Crippen molar-refractivity contribution in [2.75, 3.05) is 19.6 Å². The maximum atomic E-state index is 13.2. The van der Waals surface area contributed by atoms with E-state index in [1.165, 1.54) is 18.6 Å². The van der Waals surface area contributed by atoms with Crippen molar-refractivity contribution in [3.8, 4) is 0 Å². The molecule has 2 amide bonds. The second kappa shape index (κ2) is 8.46. The molecular weight excluding hydrogens is 355 g/mol. The fourth-order valence-corrected chi connectivity index (χ4v) is 4.65. The van der Waals surface area contributed by atoms with Gasteiger partial charge in [-0.3, -0.25) is 9.59 Å². The van der Waals surface area contributed by atoms with Gasteiger partial charge in [-0.25, -0.2) is 4.39 Å². The summed E-state index contributed by atoms with van der Waals surface area (Å²) in [5, 5.41) is 0. The zero-order chi connectivity index (χ0) is 19.5. The molecule has 2 heterocycles. The first kappa shape index (κ1) is 19.2. The number of piperidine rings is 1. The third kappa shape index (κ3) is 4.13. The predicted octanol–water partition coefficient (Wildman–Crippen LogP) is 3.77. The fourth-order valence-electron chi connectivity index (χ4n) is 4.65. The van der Waals surface area contributed by atoms with E-state index in [1.807, 2.05) is 9.80 Å². The molecule has 28 heavy (non-hydrogen) atoms. The van der Waals surface area contributed by atoms with Crippen LogP contribution in [0, 0.1) is 23.6 Å². The van der Waals surface area contributed by atoms with E-state index in [9.17, 15) is 14.0 Å². The lowest BCUT2D eigenvalue weighted by Crippen LogP contribution is -2.46. The third-order valence-electron chi connectivity index (χ3n) is 6.67. The predicted molar refractivity (Wildman–Crippen MR) is 106 cm³/mol. The highest BCUT2D eigenvalue weighted by Crippen LogP contribution is 2.34. The van der Waals surface area contributed by atoms with Crippen molar-refractivity contribution < 1.29 is 14.0 Å². The molecule has 0 spiro atoms. The number of carbonyl (C=O) groups excluding carboxylic acids is 2. The molecule has 1 aromatic rings. The number of hydrogen-bond donors (Lipinski definition) is 0. The normalized spacial score (nSPS) is 24.2. The molecule has 2 fully saturated rings. The van der Waals surface area contributed by atoms with Crippen LogP contribution in [0.1, 0.15) is 44.1 Å². The minimum atomic E-state index is -0.257. The first-order chi connectivity index (χ1) is 13.6. The Morgan fingerprint density at radius 3 is 2.39 bits per heavy atom. The molecule has 0 N–H and O–H groups in total. The van der Waals surface area contributed by atoms with E-state index in [0.717, 1.165) is 50.8 Å². The topological polar surface area (TPSA) is 40.6 Å². The quantitative estimate of drug-likeness (QED) is 0.742. The van der Waals surface area contributed by atoms with Crippen LogP contribution in [0.2, 0.25) is 0 Å². The Balaban J connectivity index is 1.37. The summed E-state index contributed by atoms with van der Waals surface area (Å²) < 4.78 is 13.2. The molecule has 3 aliphatic rings. The van der Waals surface area contributed by atoms with Crippen molar-refractivity contribution >= 4 is 11.8 Å². The molecule has 0 aromatic heterocycles. The van der Waals surface area contributed by atoms with Gasteiger partial charge in [-0.05, 0) is 55.7 Å². The highest BCUT2D eigenvalue weighted by molar-refractivity contribution is 5.81. The number of hydrogen-bond acceptors (Lipinski definition) is 2. The monoisotopic (exact) mass is 384 g/mol. The Labute approximate surface area is 166 Å². The van der Waals surface area contributed by atoms with Gasteiger partial charge in [0.05, 0.1) is 0 Å². The lowest BCUT2D eigenvalue weighted by Gasteiger charge is -2.39. The molecule has 1 aromatic carbocycles. The summed E-state index contributed by atoms with van der Waals surface area (Å²) in [5.41, 5.74) is 0.949. The van der Waals surface area contributed by atoms with E-state index in [-0.39, 0.29) is 23.6 Å². The lowest BCUT2D eigenvalue weighted by atomic mass is 9.80. The zero-order valence-electron chi connectivity index (χ0n) is 16.4. The van der Waals surface area contributed by atoms with Gasteiger partial charge in [-0.1, -0.05) is 30.7 Å². The van der Waals surface area contributed by atoms with E-state index >= 15 is 0 Å². The average molecular weight is 384 g/mol. The van der Waals surface area contributed by atoms with Crippen LogP contribution in [0.25, 0.3) is 0 Å². The fraction of sp³-hybridized carbons (Fsp3) is 0.565. The Morgan fingerprint density at radius 2 is 1.75 bits per heavy atom. The van der Waals surface area contributed by atoms with E-state index in [1.54, 1.807) is 12.1 Å². The molecule has 4 nitrogen and oxygen atoms in total. The zero-order valence-corrected chi connectivity index (χ0v) is 16.4. The van der Waals surface area contributed by atoms with E-state index in [2.05, 4.69) is 12.2 Å². The van der Waals surface area contributed by atoms with Crippen LogP contribution in [0.5, 0.6) is 0 Å². The molecule has 0 radical (unpaired) electrons. The summed E-state index contributed by atoms with van der Waals surface area (Å²) in [6, 6.07) is 6.38. The van der Waals surface area contributed by atoms with Crippen molar-refractivity contribution in [3.63, 3.8) is 0 Å². The summed E-state index contributed by atoms with van der Waals surface area (Å²) in [6.07, 6.45) is 10.1. The molecule has 150 valence electrons. The van der Waals surface area contributed by atoms with Crippen LogP contribution in [0.15, 0.2) is 36.4 Å². The summed E-state index contributed by atoms with van der Waals surface area (Å²) in [6.45, 7) is 2.68. The number of amides is 2. The van der Waals surface area contributed by atoms with E-state index in [0.29, 0.717) is 24.9 Å². The van der Waals surface area contributed by atoms with Crippen LogP contribution in [0.4, 0.5) is 4.39 Å². The second-order valence-corrected chi connectivity index (χ2v) is 8.45. The summed E-state index contributed by atoms with van der Waals surface area (Å²) in [4.78, 5) is 29.6. The van der Waals surface area contributed by atoms with Gasteiger partial charge in [0.1, 0.15) is 5.82 Å². The number of allylic oxidation sites excluding steroid dienone is 1. The van der Waals surface area contributed by atoms with Crippen molar-refractivity contribution in [1.29, 1.82) is 0 Å². The Kier molecular flexibility index (Phi) is 5.79. The molecule has 4 rings (SSSR count).